The van der Waals surface area contributed by atoms with Crippen molar-refractivity contribution in [2.24, 2.45) is 0 Å². The van der Waals surface area contributed by atoms with Crippen LogP contribution in [0.1, 0.15) is 64.2 Å². The van der Waals surface area contributed by atoms with E-state index in [9.17, 15) is 4.79 Å². The van der Waals surface area contributed by atoms with Crippen LogP contribution in [0.3, 0.4) is 0 Å². The fourth-order valence-corrected chi connectivity index (χ4v) is 6.06. The van der Waals surface area contributed by atoms with Crippen molar-refractivity contribution in [1.82, 2.24) is 24.7 Å². The lowest BCUT2D eigenvalue weighted by Crippen LogP contribution is -2.53. The molecule has 4 aliphatic heterocycles. The predicted octanol–water partition coefficient (Wildman–Crippen LogP) is 3.41. The van der Waals surface area contributed by atoms with Gasteiger partial charge in [-0.1, -0.05) is 12.8 Å². The number of carbonyl (C=O) groups is 1. The first-order chi connectivity index (χ1) is 16.3. The molecule has 1 aromatic rings. The van der Waals surface area contributed by atoms with Crippen molar-refractivity contribution < 1.29 is 4.79 Å². The van der Waals surface area contributed by atoms with Crippen LogP contribution < -0.4 is 10.2 Å². The molecule has 0 bridgehead atoms. The van der Waals surface area contributed by atoms with Gasteiger partial charge in [0.05, 0.1) is 0 Å². The molecular formula is C25H41N7O. The number of urea groups is 1. The number of amides is 2. The molecule has 0 aromatic carbocycles. The zero-order chi connectivity index (χ0) is 22.5. The van der Waals surface area contributed by atoms with Crippen LogP contribution in [0.2, 0.25) is 0 Å². The van der Waals surface area contributed by atoms with Gasteiger partial charge >= 0.3 is 6.03 Å². The minimum absolute atomic E-state index is 0.269. The molecule has 4 aliphatic rings. The van der Waals surface area contributed by atoms with Gasteiger partial charge in [0, 0.05) is 64.1 Å². The Hall–Kier alpha value is -2.09. The van der Waals surface area contributed by atoms with Gasteiger partial charge in [-0.05, 0) is 64.0 Å². The topological polar surface area (TPSA) is 67.8 Å². The standard InChI is InChI=1S/C25H41N7O/c33-25(30-15-5-6-16-30)31-18-10-22(11-19-31)32-17-7-8-21(20-32)27-24-26-12-9-23(28-24)29-13-3-1-2-4-14-29/h9,12,21-22H,1-8,10-11,13-20H2,(H,26,27,28). The summed E-state index contributed by atoms with van der Waals surface area (Å²) in [6, 6.07) is 3.30. The van der Waals surface area contributed by atoms with Crippen molar-refractivity contribution in [3.63, 3.8) is 0 Å². The lowest BCUT2D eigenvalue weighted by atomic mass is 9.98. The van der Waals surface area contributed by atoms with Gasteiger partial charge in [0.2, 0.25) is 5.95 Å². The molecule has 0 spiro atoms. The number of hydrogen-bond donors (Lipinski definition) is 1. The number of nitrogens with one attached hydrogen (secondary N) is 1. The number of rotatable bonds is 4. The zero-order valence-corrected chi connectivity index (χ0v) is 20.1. The smallest absolute Gasteiger partial charge is 0.319 e. The molecule has 8 nitrogen and oxygen atoms in total. The summed E-state index contributed by atoms with van der Waals surface area (Å²) in [6.07, 6.45) is 14.0. The summed E-state index contributed by atoms with van der Waals surface area (Å²) in [7, 11) is 0. The van der Waals surface area contributed by atoms with E-state index in [1.165, 1.54) is 38.5 Å². The van der Waals surface area contributed by atoms with Gasteiger partial charge in [-0.25, -0.2) is 9.78 Å². The average Bonchev–Trinajstić information content (AvgIpc) is 3.26. The maximum Gasteiger partial charge on any atom is 0.319 e. The molecule has 1 atom stereocenters. The first kappa shape index (κ1) is 22.7. The Kier molecular flexibility index (Phi) is 7.49. The minimum atomic E-state index is 0.269. The third-order valence-electron chi connectivity index (χ3n) is 7.98. The molecule has 1 aromatic heterocycles. The summed E-state index contributed by atoms with van der Waals surface area (Å²) in [5.41, 5.74) is 0. The highest BCUT2D eigenvalue weighted by molar-refractivity contribution is 5.74. The van der Waals surface area contributed by atoms with Gasteiger partial charge in [0.1, 0.15) is 5.82 Å². The molecule has 33 heavy (non-hydrogen) atoms. The quantitative estimate of drug-likeness (QED) is 0.750. The van der Waals surface area contributed by atoms with Gasteiger partial charge in [0.25, 0.3) is 0 Å². The lowest BCUT2D eigenvalue weighted by Gasteiger charge is -2.43. The predicted molar refractivity (Wildman–Crippen MR) is 132 cm³/mol. The molecule has 5 heterocycles. The largest absolute Gasteiger partial charge is 0.356 e. The highest BCUT2D eigenvalue weighted by atomic mass is 16.2. The van der Waals surface area contributed by atoms with E-state index in [0.29, 0.717) is 12.1 Å². The van der Waals surface area contributed by atoms with Crippen LogP contribution in [0, 0.1) is 0 Å². The summed E-state index contributed by atoms with van der Waals surface area (Å²) >= 11 is 0. The van der Waals surface area contributed by atoms with E-state index < -0.39 is 0 Å². The molecule has 5 rings (SSSR count). The molecule has 182 valence electrons. The number of hydrogen-bond acceptors (Lipinski definition) is 6. The van der Waals surface area contributed by atoms with E-state index in [2.05, 4.69) is 31.1 Å². The van der Waals surface area contributed by atoms with Crippen molar-refractivity contribution in [1.29, 1.82) is 0 Å². The highest BCUT2D eigenvalue weighted by Gasteiger charge is 2.32. The molecular weight excluding hydrogens is 414 g/mol. The van der Waals surface area contributed by atoms with E-state index in [0.717, 1.165) is 89.8 Å². The second-order valence-electron chi connectivity index (χ2n) is 10.3. The van der Waals surface area contributed by atoms with Crippen LogP contribution in [0.25, 0.3) is 0 Å². The van der Waals surface area contributed by atoms with Crippen LogP contribution in [-0.2, 0) is 0 Å². The van der Waals surface area contributed by atoms with Crippen molar-refractivity contribution in [3.05, 3.63) is 12.3 Å². The van der Waals surface area contributed by atoms with Crippen LogP contribution >= 0.6 is 0 Å². The second kappa shape index (κ2) is 10.9. The molecule has 1 N–H and O–H groups in total. The van der Waals surface area contributed by atoms with Gasteiger partial charge in [-0.2, -0.15) is 4.98 Å². The molecule has 4 fully saturated rings. The SMILES string of the molecule is O=C(N1CCCC1)N1CCC(N2CCCC(Nc3nccc(N4CCCCCC4)n3)C2)CC1. The molecule has 0 saturated carbocycles. The first-order valence-electron chi connectivity index (χ1n) is 13.4. The fraction of sp³-hybridized carbons (Fsp3) is 0.800. The molecule has 1 unspecified atom stereocenters. The summed E-state index contributed by atoms with van der Waals surface area (Å²) in [5, 5.41) is 3.65. The Balaban J connectivity index is 1.12. The molecule has 0 radical (unpaired) electrons. The molecule has 2 amide bonds. The van der Waals surface area contributed by atoms with E-state index in [1.807, 2.05) is 11.1 Å². The van der Waals surface area contributed by atoms with Gasteiger partial charge in [-0.15, -0.1) is 0 Å². The number of nitrogens with zero attached hydrogens (tertiary/aromatic N) is 6. The Morgan fingerprint density at radius 2 is 1.52 bits per heavy atom. The monoisotopic (exact) mass is 455 g/mol. The number of carbonyl (C=O) groups excluding carboxylic acids is 1. The van der Waals surface area contributed by atoms with Crippen LogP contribution in [0.5, 0.6) is 0 Å². The van der Waals surface area contributed by atoms with Gasteiger partial charge in [-0.3, -0.25) is 4.90 Å². The van der Waals surface area contributed by atoms with Crippen molar-refractivity contribution in [3.8, 4) is 0 Å². The van der Waals surface area contributed by atoms with Crippen LogP contribution in [-0.4, -0.2) is 95.1 Å². The number of anilines is 2. The van der Waals surface area contributed by atoms with E-state index in [1.54, 1.807) is 0 Å². The molecule has 4 saturated heterocycles. The van der Waals surface area contributed by atoms with Crippen LogP contribution in [0.4, 0.5) is 16.6 Å². The van der Waals surface area contributed by atoms with Crippen molar-refractivity contribution in [2.45, 2.75) is 76.3 Å². The Morgan fingerprint density at radius 3 is 2.27 bits per heavy atom. The number of piperidine rings is 2. The fourth-order valence-electron chi connectivity index (χ4n) is 6.06. The second-order valence-corrected chi connectivity index (χ2v) is 10.3. The normalized spacial score (nSPS) is 25.8. The number of aromatic nitrogens is 2. The number of likely N-dealkylation sites (tertiary alicyclic amines) is 3. The van der Waals surface area contributed by atoms with E-state index in [4.69, 9.17) is 4.98 Å². The lowest BCUT2D eigenvalue weighted by molar-refractivity contribution is 0.0883. The van der Waals surface area contributed by atoms with Crippen LogP contribution in [0.15, 0.2) is 12.3 Å². The third-order valence-corrected chi connectivity index (χ3v) is 7.98. The summed E-state index contributed by atoms with van der Waals surface area (Å²) in [4.78, 5) is 31.3. The van der Waals surface area contributed by atoms with Gasteiger partial charge < -0.3 is 20.0 Å². The minimum Gasteiger partial charge on any atom is -0.356 e. The summed E-state index contributed by atoms with van der Waals surface area (Å²) in [6.45, 7) is 8.10. The Bertz CT molecular complexity index is 768. The van der Waals surface area contributed by atoms with E-state index >= 15 is 0 Å². The van der Waals surface area contributed by atoms with Crippen molar-refractivity contribution in [2.75, 3.05) is 62.6 Å². The third kappa shape index (κ3) is 5.70. The van der Waals surface area contributed by atoms with Gasteiger partial charge in [0.15, 0.2) is 0 Å². The summed E-state index contributed by atoms with van der Waals surface area (Å²) in [5.74, 6) is 1.84. The van der Waals surface area contributed by atoms with Crippen molar-refractivity contribution >= 4 is 17.8 Å². The Morgan fingerprint density at radius 1 is 0.818 bits per heavy atom. The maximum atomic E-state index is 12.7. The Labute approximate surface area is 198 Å². The average molecular weight is 456 g/mol. The molecule has 0 aliphatic carbocycles. The summed E-state index contributed by atoms with van der Waals surface area (Å²) < 4.78 is 0. The highest BCUT2D eigenvalue weighted by Crippen LogP contribution is 2.24. The first-order valence-corrected chi connectivity index (χ1v) is 13.4. The molecule has 8 heteroatoms. The van der Waals surface area contributed by atoms with E-state index in [-0.39, 0.29) is 6.03 Å². The maximum absolute atomic E-state index is 12.7. The zero-order valence-electron chi connectivity index (χ0n) is 20.1.